The summed E-state index contributed by atoms with van der Waals surface area (Å²) in [6.45, 7) is 1.93. The number of carbonyl (C=O) groups excluding carboxylic acids is 2. The number of esters is 1. The molecule has 0 radical (unpaired) electrons. The number of thioether (sulfide) groups is 1. The van der Waals surface area contributed by atoms with Crippen LogP contribution < -0.4 is 5.32 Å². The number of methoxy groups -OCH3 is 1. The average Bonchev–Trinajstić information content (AvgIpc) is 3.00. The number of nitrogens with zero attached hydrogens (tertiary/aromatic N) is 1. The van der Waals surface area contributed by atoms with Crippen LogP contribution in [0.4, 0.5) is 0 Å². The summed E-state index contributed by atoms with van der Waals surface area (Å²) in [5.41, 5.74) is 3.17. The molecule has 7 heteroatoms. The third kappa shape index (κ3) is 4.85. The van der Waals surface area contributed by atoms with Crippen molar-refractivity contribution in [3.05, 3.63) is 35.2 Å². The van der Waals surface area contributed by atoms with Crippen LogP contribution in [-0.2, 0) is 14.3 Å². The first-order chi connectivity index (χ1) is 10.6. The van der Waals surface area contributed by atoms with Crippen molar-refractivity contribution in [2.75, 3.05) is 19.4 Å². The van der Waals surface area contributed by atoms with E-state index >= 15 is 0 Å². The van der Waals surface area contributed by atoms with Crippen LogP contribution in [0.25, 0.3) is 11.3 Å². The van der Waals surface area contributed by atoms with E-state index in [9.17, 15) is 9.59 Å². The zero-order valence-corrected chi connectivity index (χ0v) is 13.9. The van der Waals surface area contributed by atoms with Crippen LogP contribution >= 0.6 is 23.1 Å². The number of ether oxygens (including phenoxy) is 1. The number of aromatic nitrogens is 1. The molecule has 1 aromatic carbocycles. The van der Waals surface area contributed by atoms with Crippen molar-refractivity contribution in [3.8, 4) is 11.3 Å². The molecule has 1 N–H and O–H groups in total. The van der Waals surface area contributed by atoms with Crippen molar-refractivity contribution in [1.82, 2.24) is 10.3 Å². The van der Waals surface area contributed by atoms with E-state index in [1.54, 1.807) is 0 Å². The lowest BCUT2D eigenvalue weighted by Crippen LogP contribution is -2.31. The van der Waals surface area contributed by atoms with Crippen LogP contribution in [0.15, 0.2) is 34.0 Å². The van der Waals surface area contributed by atoms with E-state index in [2.05, 4.69) is 15.0 Å². The molecule has 22 heavy (non-hydrogen) atoms. The Morgan fingerprint density at radius 2 is 2.05 bits per heavy atom. The Labute approximate surface area is 137 Å². The normalized spacial score (nSPS) is 10.3. The number of benzene rings is 1. The summed E-state index contributed by atoms with van der Waals surface area (Å²) in [5.74, 6) is -0.463. The molecule has 0 bridgehead atoms. The second-order valence-electron chi connectivity index (χ2n) is 4.51. The van der Waals surface area contributed by atoms with Crippen molar-refractivity contribution >= 4 is 35.0 Å². The van der Waals surface area contributed by atoms with Crippen molar-refractivity contribution in [3.63, 3.8) is 0 Å². The molecule has 0 aliphatic heterocycles. The highest BCUT2D eigenvalue weighted by atomic mass is 32.2. The van der Waals surface area contributed by atoms with Gasteiger partial charge in [0.2, 0.25) is 5.91 Å². The Morgan fingerprint density at radius 1 is 1.32 bits per heavy atom. The fraction of sp³-hybridized carbons (Fsp3) is 0.267. The summed E-state index contributed by atoms with van der Waals surface area (Å²) in [6.07, 6.45) is 0. The summed E-state index contributed by atoms with van der Waals surface area (Å²) in [4.78, 5) is 27.0. The quantitative estimate of drug-likeness (QED) is 0.648. The lowest BCUT2D eigenvalue weighted by molar-refractivity contribution is -0.140. The molecule has 2 aromatic rings. The zero-order valence-electron chi connectivity index (χ0n) is 12.3. The van der Waals surface area contributed by atoms with Gasteiger partial charge in [-0.2, -0.15) is 0 Å². The van der Waals surface area contributed by atoms with Gasteiger partial charge >= 0.3 is 5.97 Å². The van der Waals surface area contributed by atoms with E-state index in [0.29, 0.717) is 0 Å². The van der Waals surface area contributed by atoms with E-state index in [1.165, 1.54) is 35.8 Å². The van der Waals surface area contributed by atoms with Crippen LogP contribution in [0.2, 0.25) is 0 Å². The largest absolute Gasteiger partial charge is 0.468 e. The molecule has 1 amide bonds. The third-order valence-corrected chi connectivity index (χ3v) is 4.84. The van der Waals surface area contributed by atoms with Gasteiger partial charge in [0, 0.05) is 10.9 Å². The molecule has 1 heterocycles. The molecule has 0 aliphatic rings. The number of carbonyl (C=O) groups is 2. The van der Waals surface area contributed by atoms with Gasteiger partial charge in [-0.3, -0.25) is 9.59 Å². The first kappa shape index (κ1) is 16.5. The van der Waals surface area contributed by atoms with Gasteiger partial charge in [-0.15, -0.1) is 11.3 Å². The van der Waals surface area contributed by atoms with Crippen LogP contribution in [0, 0.1) is 6.92 Å². The molecule has 1 aromatic heterocycles. The van der Waals surface area contributed by atoms with E-state index < -0.39 is 5.97 Å². The molecule has 0 saturated carbocycles. The highest BCUT2D eigenvalue weighted by molar-refractivity contribution is 8.01. The molecule has 0 saturated heterocycles. The lowest BCUT2D eigenvalue weighted by atomic mass is 10.1. The summed E-state index contributed by atoms with van der Waals surface area (Å²) in [5, 5.41) is 4.46. The zero-order chi connectivity index (χ0) is 15.9. The van der Waals surface area contributed by atoms with Gasteiger partial charge in [0.15, 0.2) is 4.34 Å². The average molecular weight is 336 g/mol. The van der Waals surface area contributed by atoms with Gasteiger partial charge in [-0.1, -0.05) is 41.6 Å². The topological polar surface area (TPSA) is 68.3 Å². The Hall–Kier alpha value is -1.86. The first-order valence-electron chi connectivity index (χ1n) is 6.57. The monoisotopic (exact) mass is 336 g/mol. The third-order valence-electron chi connectivity index (χ3n) is 2.81. The summed E-state index contributed by atoms with van der Waals surface area (Å²) < 4.78 is 5.28. The predicted molar refractivity (Wildman–Crippen MR) is 88.0 cm³/mol. The summed E-state index contributed by atoms with van der Waals surface area (Å²) >= 11 is 2.85. The maximum absolute atomic E-state index is 11.6. The summed E-state index contributed by atoms with van der Waals surface area (Å²) in [7, 11) is 1.28. The number of aryl methyl sites for hydroxylation is 1. The summed E-state index contributed by atoms with van der Waals surface area (Å²) in [6, 6.07) is 8.15. The standard InChI is InChI=1S/C15H16N2O3S2/c1-10-3-5-11(6-4-10)12-8-21-15(17-12)22-9-13(18)16-7-14(19)20-2/h3-6,8H,7,9H2,1-2H3,(H,16,18). The molecule has 0 unspecified atom stereocenters. The molecule has 0 aliphatic carbocycles. The Kier molecular flexibility index (Phi) is 5.97. The minimum absolute atomic E-state index is 0.109. The second-order valence-corrected chi connectivity index (χ2v) is 6.59. The van der Waals surface area contributed by atoms with Crippen molar-refractivity contribution < 1.29 is 14.3 Å². The van der Waals surface area contributed by atoms with Gasteiger partial charge < -0.3 is 10.1 Å². The molecule has 116 valence electrons. The van der Waals surface area contributed by atoms with Gasteiger partial charge in [-0.05, 0) is 6.92 Å². The molecular formula is C15H16N2O3S2. The van der Waals surface area contributed by atoms with Gasteiger partial charge in [0.25, 0.3) is 0 Å². The van der Waals surface area contributed by atoms with Crippen molar-refractivity contribution in [1.29, 1.82) is 0 Å². The Balaban J connectivity index is 1.86. The van der Waals surface area contributed by atoms with Crippen molar-refractivity contribution in [2.45, 2.75) is 11.3 Å². The van der Waals surface area contributed by atoms with E-state index in [-0.39, 0.29) is 18.2 Å². The second kappa shape index (κ2) is 7.95. The molecule has 0 atom stereocenters. The number of rotatable bonds is 6. The SMILES string of the molecule is COC(=O)CNC(=O)CSc1nc(-c2ccc(C)cc2)cs1. The predicted octanol–water partition coefficient (Wildman–Crippen LogP) is 2.50. The lowest BCUT2D eigenvalue weighted by Gasteiger charge is -2.02. The van der Waals surface area contributed by atoms with Crippen molar-refractivity contribution in [2.24, 2.45) is 0 Å². The molecule has 2 rings (SSSR count). The van der Waals surface area contributed by atoms with Crippen LogP contribution in [0.3, 0.4) is 0 Å². The highest BCUT2D eigenvalue weighted by Crippen LogP contribution is 2.28. The first-order valence-corrected chi connectivity index (χ1v) is 8.44. The Bertz CT molecular complexity index is 653. The van der Waals surface area contributed by atoms with Gasteiger partial charge in [0.1, 0.15) is 6.54 Å². The number of hydrogen-bond acceptors (Lipinski definition) is 6. The fourth-order valence-electron chi connectivity index (χ4n) is 1.60. The minimum Gasteiger partial charge on any atom is -0.468 e. The molecule has 0 spiro atoms. The van der Waals surface area contributed by atoms with Crippen LogP contribution in [0.1, 0.15) is 5.56 Å². The number of thiazole rings is 1. The maximum Gasteiger partial charge on any atom is 0.325 e. The molecule has 5 nitrogen and oxygen atoms in total. The highest BCUT2D eigenvalue weighted by Gasteiger charge is 2.09. The number of hydrogen-bond donors (Lipinski definition) is 1. The van der Waals surface area contributed by atoms with E-state index in [0.717, 1.165) is 15.6 Å². The van der Waals surface area contributed by atoms with Crippen LogP contribution in [0.5, 0.6) is 0 Å². The molecular weight excluding hydrogens is 320 g/mol. The van der Waals surface area contributed by atoms with Crippen LogP contribution in [-0.4, -0.2) is 36.3 Å². The minimum atomic E-state index is -0.464. The maximum atomic E-state index is 11.6. The van der Waals surface area contributed by atoms with Gasteiger partial charge in [-0.25, -0.2) is 4.98 Å². The van der Waals surface area contributed by atoms with E-state index in [4.69, 9.17) is 0 Å². The Morgan fingerprint density at radius 3 is 2.73 bits per heavy atom. The number of amides is 1. The fourth-order valence-corrected chi connectivity index (χ4v) is 3.27. The van der Waals surface area contributed by atoms with E-state index in [1.807, 2.05) is 36.6 Å². The smallest absolute Gasteiger partial charge is 0.325 e. The van der Waals surface area contributed by atoms with Gasteiger partial charge in [0.05, 0.1) is 18.6 Å². The number of nitrogens with one attached hydrogen (secondary N) is 1. The molecule has 0 fully saturated rings.